The van der Waals surface area contributed by atoms with E-state index in [1.165, 1.54) is 11.3 Å². The van der Waals surface area contributed by atoms with Gasteiger partial charge in [0.25, 0.3) is 5.91 Å². The van der Waals surface area contributed by atoms with E-state index in [0.29, 0.717) is 18.7 Å². The van der Waals surface area contributed by atoms with Crippen molar-refractivity contribution in [3.63, 3.8) is 0 Å². The minimum Gasteiger partial charge on any atom is -0.396 e. The van der Waals surface area contributed by atoms with Crippen LogP contribution in [-0.4, -0.2) is 35.8 Å². The van der Waals surface area contributed by atoms with Crippen LogP contribution >= 0.6 is 11.3 Å². The van der Waals surface area contributed by atoms with Gasteiger partial charge in [-0.25, -0.2) is 4.98 Å². The van der Waals surface area contributed by atoms with E-state index in [4.69, 9.17) is 9.84 Å². The number of rotatable bonds is 5. The number of ether oxygens (including phenoxy) is 1. The molecule has 1 atom stereocenters. The molecule has 1 aromatic rings. The predicted octanol–water partition coefficient (Wildman–Crippen LogP) is 1.11. The molecular formula is C11H16N2O3S. The van der Waals surface area contributed by atoms with E-state index in [1.54, 1.807) is 5.38 Å². The maximum absolute atomic E-state index is 11.7. The molecule has 1 aliphatic rings. The monoisotopic (exact) mass is 256 g/mol. The van der Waals surface area contributed by atoms with Crippen molar-refractivity contribution in [3.8, 4) is 0 Å². The Morgan fingerprint density at radius 1 is 1.71 bits per heavy atom. The van der Waals surface area contributed by atoms with Gasteiger partial charge in [0.1, 0.15) is 16.8 Å². The minimum absolute atomic E-state index is 0.0685. The first kappa shape index (κ1) is 12.5. The fraction of sp³-hybridized carbons (Fsp3) is 0.636. The maximum Gasteiger partial charge on any atom is 0.270 e. The molecule has 0 saturated carbocycles. The summed E-state index contributed by atoms with van der Waals surface area (Å²) in [5.41, 5.74) is 0.443. The van der Waals surface area contributed by atoms with Gasteiger partial charge in [-0.15, -0.1) is 11.3 Å². The van der Waals surface area contributed by atoms with Crippen molar-refractivity contribution in [2.24, 2.45) is 0 Å². The lowest BCUT2D eigenvalue weighted by Gasteiger charge is -2.04. The molecule has 0 aromatic carbocycles. The second-order valence-corrected chi connectivity index (χ2v) is 4.80. The van der Waals surface area contributed by atoms with Gasteiger partial charge in [-0.1, -0.05) is 0 Å². The zero-order valence-corrected chi connectivity index (χ0v) is 10.3. The van der Waals surface area contributed by atoms with Crippen molar-refractivity contribution in [3.05, 3.63) is 16.1 Å². The molecular weight excluding hydrogens is 240 g/mol. The average molecular weight is 256 g/mol. The quantitative estimate of drug-likeness (QED) is 0.774. The van der Waals surface area contributed by atoms with Crippen molar-refractivity contribution in [1.29, 1.82) is 0 Å². The third-order valence-corrected chi connectivity index (χ3v) is 3.52. The van der Waals surface area contributed by atoms with E-state index in [0.717, 1.165) is 24.5 Å². The van der Waals surface area contributed by atoms with Crippen molar-refractivity contribution >= 4 is 17.2 Å². The summed E-state index contributed by atoms with van der Waals surface area (Å²) >= 11 is 1.47. The van der Waals surface area contributed by atoms with Crippen molar-refractivity contribution in [2.75, 3.05) is 19.8 Å². The number of aliphatic hydroxyl groups excluding tert-OH is 1. The molecule has 1 aliphatic heterocycles. The lowest BCUT2D eigenvalue weighted by molar-refractivity contribution is 0.0943. The number of nitrogens with one attached hydrogen (secondary N) is 1. The molecule has 94 valence electrons. The molecule has 1 saturated heterocycles. The highest BCUT2D eigenvalue weighted by Gasteiger charge is 2.22. The fourth-order valence-electron chi connectivity index (χ4n) is 1.68. The van der Waals surface area contributed by atoms with Gasteiger partial charge >= 0.3 is 0 Å². The molecule has 2 N–H and O–H groups in total. The second kappa shape index (κ2) is 6.09. The lowest BCUT2D eigenvalue weighted by Crippen LogP contribution is -2.25. The summed E-state index contributed by atoms with van der Waals surface area (Å²) in [5, 5.41) is 14.0. The Kier molecular flexibility index (Phi) is 4.47. The van der Waals surface area contributed by atoms with Crippen molar-refractivity contribution in [2.45, 2.75) is 25.4 Å². The van der Waals surface area contributed by atoms with Gasteiger partial charge in [-0.2, -0.15) is 0 Å². The summed E-state index contributed by atoms with van der Waals surface area (Å²) in [6.07, 6.45) is 2.68. The van der Waals surface area contributed by atoms with E-state index in [9.17, 15) is 4.79 Å². The largest absolute Gasteiger partial charge is 0.396 e. The number of carbonyl (C=O) groups is 1. The molecule has 0 radical (unpaired) electrons. The number of thiazole rings is 1. The van der Waals surface area contributed by atoms with E-state index >= 15 is 0 Å². The van der Waals surface area contributed by atoms with E-state index < -0.39 is 0 Å². The summed E-state index contributed by atoms with van der Waals surface area (Å²) in [7, 11) is 0. The topological polar surface area (TPSA) is 71.5 Å². The molecule has 0 aliphatic carbocycles. The molecule has 0 bridgehead atoms. The van der Waals surface area contributed by atoms with E-state index in [-0.39, 0.29) is 18.6 Å². The third-order valence-electron chi connectivity index (χ3n) is 2.58. The van der Waals surface area contributed by atoms with Crippen LogP contribution in [0.4, 0.5) is 0 Å². The smallest absolute Gasteiger partial charge is 0.270 e. The molecule has 1 aromatic heterocycles. The first-order valence-corrected chi connectivity index (χ1v) is 6.65. The summed E-state index contributed by atoms with van der Waals surface area (Å²) < 4.78 is 5.51. The molecule has 1 fully saturated rings. The Hall–Kier alpha value is -0.980. The first-order valence-electron chi connectivity index (χ1n) is 5.77. The Morgan fingerprint density at radius 2 is 2.59 bits per heavy atom. The Balaban J connectivity index is 1.90. The van der Waals surface area contributed by atoms with Crippen LogP contribution in [0.5, 0.6) is 0 Å². The SMILES string of the molecule is O=C(NCCCO)c1csc(C2CCCO2)n1. The zero-order valence-electron chi connectivity index (χ0n) is 9.52. The molecule has 0 spiro atoms. The number of amides is 1. The van der Waals surface area contributed by atoms with Crippen molar-refractivity contribution < 1.29 is 14.6 Å². The van der Waals surface area contributed by atoms with Crippen LogP contribution < -0.4 is 5.32 Å². The first-order chi connectivity index (χ1) is 8.31. The van der Waals surface area contributed by atoms with Crippen molar-refractivity contribution in [1.82, 2.24) is 10.3 Å². The summed E-state index contributed by atoms with van der Waals surface area (Å²) in [6.45, 7) is 1.34. The Morgan fingerprint density at radius 3 is 3.29 bits per heavy atom. The van der Waals surface area contributed by atoms with Crippen LogP contribution in [0, 0.1) is 0 Å². The highest BCUT2D eigenvalue weighted by molar-refractivity contribution is 7.09. The van der Waals surface area contributed by atoms with Gasteiger partial charge in [-0.05, 0) is 19.3 Å². The number of aromatic nitrogens is 1. The molecule has 2 heterocycles. The number of nitrogens with zero attached hydrogens (tertiary/aromatic N) is 1. The normalized spacial score (nSPS) is 19.5. The van der Waals surface area contributed by atoms with Gasteiger partial charge in [0.2, 0.25) is 0 Å². The zero-order chi connectivity index (χ0) is 12.1. The lowest BCUT2D eigenvalue weighted by atomic mass is 10.2. The standard InChI is InChI=1S/C11H16N2O3S/c14-5-2-4-12-10(15)8-7-17-11(13-8)9-3-1-6-16-9/h7,9,14H,1-6H2,(H,12,15). The Bertz CT molecular complexity index is 375. The van der Waals surface area contributed by atoms with Crippen LogP contribution in [0.25, 0.3) is 0 Å². The molecule has 1 unspecified atom stereocenters. The molecule has 1 amide bonds. The van der Waals surface area contributed by atoms with Gasteiger partial charge in [0.05, 0.1) is 0 Å². The third kappa shape index (κ3) is 3.24. The highest BCUT2D eigenvalue weighted by atomic mass is 32.1. The van der Waals surface area contributed by atoms with Gasteiger partial charge < -0.3 is 15.2 Å². The minimum atomic E-state index is -0.182. The summed E-state index contributed by atoms with van der Waals surface area (Å²) in [4.78, 5) is 15.9. The molecule has 17 heavy (non-hydrogen) atoms. The number of hydrogen-bond acceptors (Lipinski definition) is 5. The van der Waals surface area contributed by atoms with Gasteiger partial charge in [0.15, 0.2) is 0 Å². The van der Waals surface area contributed by atoms with E-state index in [2.05, 4.69) is 10.3 Å². The molecule has 2 rings (SSSR count). The molecule has 6 heteroatoms. The van der Waals surface area contributed by atoms with Crippen LogP contribution in [-0.2, 0) is 4.74 Å². The maximum atomic E-state index is 11.7. The van der Waals surface area contributed by atoms with Crippen LogP contribution in [0.1, 0.15) is 40.9 Å². The summed E-state index contributed by atoms with van der Waals surface area (Å²) in [6, 6.07) is 0. The molecule has 5 nitrogen and oxygen atoms in total. The second-order valence-electron chi connectivity index (χ2n) is 3.91. The average Bonchev–Trinajstić information content (AvgIpc) is 3.00. The fourth-order valence-corrected chi connectivity index (χ4v) is 2.56. The van der Waals surface area contributed by atoms with Crippen LogP contribution in [0.2, 0.25) is 0 Å². The van der Waals surface area contributed by atoms with E-state index in [1.807, 2.05) is 0 Å². The highest BCUT2D eigenvalue weighted by Crippen LogP contribution is 2.30. The predicted molar refractivity (Wildman–Crippen MR) is 64.1 cm³/mol. The van der Waals surface area contributed by atoms with Gasteiger partial charge in [0, 0.05) is 25.1 Å². The van der Waals surface area contributed by atoms with Gasteiger partial charge in [-0.3, -0.25) is 4.79 Å². The number of aliphatic hydroxyl groups is 1. The number of carbonyl (C=O) groups excluding carboxylic acids is 1. The van der Waals surface area contributed by atoms with Crippen LogP contribution in [0.15, 0.2) is 5.38 Å². The van der Waals surface area contributed by atoms with Crippen LogP contribution in [0.3, 0.4) is 0 Å². The summed E-state index contributed by atoms with van der Waals surface area (Å²) in [5.74, 6) is -0.182. The number of hydrogen-bond donors (Lipinski definition) is 2. The Labute approximate surface area is 104 Å².